The summed E-state index contributed by atoms with van der Waals surface area (Å²) in [6.45, 7) is 5.77. The van der Waals surface area contributed by atoms with Crippen molar-refractivity contribution in [3.8, 4) is 0 Å². The Hall–Kier alpha value is -1.75. The highest BCUT2D eigenvalue weighted by Gasteiger charge is 2.28. The molecular formula is C15H19ClN2O3. The molecule has 0 spiro atoms. The molecule has 1 atom stereocenters. The van der Waals surface area contributed by atoms with Gasteiger partial charge in [-0.05, 0) is 36.5 Å². The Bertz CT molecular complexity index is 560. The lowest BCUT2D eigenvalue weighted by atomic mass is 9.95. The van der Waals surface area contributed by atoms with Crippen LogP contribution in [-0.4, -0.2) is 35.1 Å². The molecule has 2 amide bonds. The number of urea groups is 1. The Morgan fingerprint density at radius 1 is 1.38 bits per heavy atom. The van der Waals surface area contributed by atoms with Crippen molar-refractivity contribution in [2.24, 2.45) is 11.8 Å². The van der Waals surface area contributed by atoms with E-state index in [-0.39, 0.29) is 16.6 Å². The molecule has 0 aliphatic carbocycles. The number of benzene rings is 1. The van der Waals surface area contributed by atoms with E-state index in [1.54, 1.807) is 11.0 Å². The maximum absolute atomic E-state index is 12.2. The summed E-state index contributed by atoms with van der Waals surface area (Å²) in [6.07, 6.45) is 1.00. The SMILES string of the molecule is CC(C)C1CCN(C(=O)Nc2cc(Cl)cc(C(=O)O)c2)C1. The summed E-state index contributed by atoms with van der Waals surface area (Å²) in [5.74, 6) is -0.00804. The van der Waals surface area contributed by atoms with Gasteiger partial charge in [0.15, 0.2) is 0 Å². The molecule has 2 N–H and O–H groups in total. The number of hydrogen-bond acceptors (Lipinski definition) is 2. The number of nitrogens with one attached hydrogen (secondary N) is 1. The van der Waals surface area contributed by atoms with E-state index in [0.717, 1.165) is 19.5 Å². The van der Waals surface area contributed by atoms with Crippen LogP contribution in [0.2, 0.25) is 5.02 Å². The van der Waals surface area contributed by atoms with Crippen LogP contribution in [0.5, 0.6) is 0 Å². The zero-order chi connectivity index (χ0) is 15.6. The topological polar surface area (TPSA) is 69.6 Å². The van der Waals surface area contributed by atoms with Gasteiger partial charge in [0.1, 0.15) is 0 Å². The van der Waals surface area contributed by atoms with Crippen LogP contribution in [0.1, 0.15) is 30.6 Å². The molecule has 0 bridgehead atoms. The molecule has 0 aromatic heterocycles. The number of rotatable bonds is 3. The number of carboxylic acid groups (broad SMARTS) is 1. The van der Waals surface area contributed by atoms with Crippen molar-refractivity contribution < 1.29 is 14.7 Å². The molecule has 0 radical (unpaired) electrons. The Balaban J connectivity index is 2.05. The first-order chi connectivity index (χ1) is 9.86. The van der Waals surface area contributed by atoms with Crippen molar-refractivity contribution in [1.29, 1.82) is 0 Å². The molecule has 1 aliphatic rings. The number of carboxylic acids is 1. The lowest BCUT2D eigenvalue weighted by molar-refractivity contribution is 0.0697. The van der Waals surface area contributed by atoms with Crippen LogP contribution in [0.4, 0.5) is 10.5 Å². The second-order valence-corrected chi connectivity index (χ2v) is 6.14. The fourth-order valence-electron chi connectivity index (χ4n) is 2.50. The molecule has 5 nitrogen and oxygen atoms in total. The molecule has 6 heteroatoms. The van der Waals surface area contributed by atoms with Crippen LogP contribution in [-0.2, 0) is 0 Å². The Labute approximate surface area is 128 Å². The van der Waals surface area contributed by atoms with Crippen LogP contribution in [0, 0.1) is 11.8 Å². The van der Waals surface area contributed by atoms with Crippen LogP contribution in [0.25, 0.3) is 0 Å². The minimum atomic E-state index is -1.07. The average Bonchev–Trinajstić information content (AvgIpc) is 2.87. The first kappa shape index (κ1) is 15.6. The third-order valence-electron chi connectivity index (χ3n) is 3.85. The van der Waals surface area contributed by atoms with Gasteiger partial charge in [-0.1, -0.05) is 25.4 Å². The summed E-state index contributed by atoms with van der Waals surface area (Å²) in [5.41, 5.74) is 0.456. The number of carbonyl (C=O) groups excluding carboxylic acids is 1. The van der Waals surface area contributed by atoms with Crippen molar-refractivity contribution in [3.05, 3.63) is 28.8 Å². The van der Waals surface area contributed by atoms with Crippen LogP contribution in [0.15, 0.2) is 18.2 Å². The highest BCUT2D eigenvalue weighted by molar-refractivity contribution is 6.31. The van der Waals surface area contributed by atoms with Crippen molar-refractivity contribution >= 4 is 29.3 Å². The molecule has 1 aliphatic heterocycles. The van der Waals surface area contributed by atoms with Gasteiger partial charge in [-0.15, -0.1) is 0 Å². The van der Waals surface area contributed by atoms with Crippen LogP contribution >= 0.6 is 11.6 Å². The molecule has 21 heavy (non-hydrogen) atoms. The third kappa shape index (κ3) is 3.88. The van der Waals surface area contributed by atoms with E-state index in [4.69, 9.17) is 16.7 Å². The van der Waals surface area contributed by atoms with E-state index in [0.29, 0.717) is 17.5 Å². The second kappa shape index (κ2) is 6.35. The summed E-state index contributed by atoms with van der Waals surface area (Å²) >= 11 is 5.87. The normalized spacial score (nSPS) is 18.1. The number of aromatic carboxylic acids is 1. The van der Waals surface area contributed by atoms with Gasteiger partial charge in [0, 0.05) is 23.8 Å². The van der Waals surface area contributed by atoms with Gasteiger partial charge in [0.05, 0.1) is 5.56 Å². The van der Waals surface area contributed by atoms with E-state index >= 15 is 0 Å². The number of nitrogens with zero attached hydrogens (tertiary/aromatic N) is 1. The molecule has 1 unspecified atom stereocenters. The fraction of sp³-hybridized carbons (Fsp3) is 0.467. The summed E-state index contributed by atoms with van der Waals surface area (Å²) in [6, 6.07) is 4.09. The summed E-state index contributed by atoms with van der Waals surface area (Å²) in [7, 11) is 0. The number of amides is 2. The molecular weight excluding hydrogens is 292 g/mol. The minimum Gasteiger partial charge on any atom is -0.478 e. The Kier molecular flexibility index (Phi) is 4.73. The predicted octanol–water partition coefficient (Wildman–Crippen LogP) is 3.55. The maximum Gasteiger partial charge on any atom is 0.335 e. The van der Waals surface area contributed by atoms with Crippen molar-refractivity contribution in [2.45, 2.75) is 20.3 Å². The van der Waals surface area contributed by atoms with Gasteiger partial charge >= 0.3 is 12.0 Å². The quantitative estimate of drug-likeness (QED) is 0.897. The van der Waals surface area contributed by atoms with Gasteiger partial charge in [-0.3, -0.25) is 0 Å². The van der Waals surface area contributed by atoms with Gasteiger partial charge < -0.3 is 15.3 Å². The van der Waals surface area contributed by atoms with E-state index in [9.17, 15) is 9.59 Å². The lowest BCUT2D eigenvalue weighted by Gasteiger charge is -2.19. The fourth-order valence-corrected chi connectivity index (χ4v) is 2.74. The molecule has 1 fully saturated rings. The van der Waals surface area contributed by atoms with Gasteiger partial charge in [-0.2, -0.15) is 0 Å². The molecule has 114 valence electrons. The van der Waals surface area contributed by atoms with Gasteiger partial charge in [-0.25, -0.2) is 9.59 Å². The third-order valence-corrected chi connectivity index (χ3v) is 4.07. The van der Waals surface area contributed by atoms with E-state index in [1.807, 2.05) is 0 Å². The van der Waals surface area contributed by atoms with Crippen LogP contribution in [0.3, 0.4) is 0 Å². The monoisotopic (exact) mass is 310 g/mol. The molecule has 1 aromatic rings. The van der Waals surface area contributed by atoms with E-state index < -0.39 is 5.97 Å². The Morgan fingerprint density at radius 3 is 2.67 bits per heavy atom. The smallest absolute Gasteiger partial charge is 0.335 e. The summed E-state index contributed by atoms with van der Waals surface area (Å²) in [5, 5.41) is 12.0. The molecule has 2 rings (SSSR count). The largest absolute Gasteiger partial charge is 0.478 e. The summed E-state index contributed by atoms with van der Waals surface area (Å²) < 4.78 is 0. The Morgan fingerprint density at radius 2 is 2.10 bits per heavy atom. The van der Waals surface area contributed by atoms with Gasteiger partial charge in [0.25, 0.3) is 0 Å². The minimum absolute atomic E-state index is 0.0549. The molecule has 1 heterocycles. The van der Waals surface area contributed by atoms with Crippen molar-refractivity contribution in [3.63, 3.8) is 0 Å². The molecule has 1 aromatic carbocycles. The highest BCUT2D eigenvalue weighted by atomic mass is 35.5. The highest BCUT2D eigenvalue weighted by Crippen LogP contribution is 2.25. The van der Waals surface area contributed by atoms with Crippen LogP contribution < -0.4 is 5.32 Å². The maximum atomic E-state index is 12.2. The van der Waals surface area contributed by atoms with Gasteiger partial charge in [0.2, 0.25) is 0 Å². The zero-order valence-electron chi connectivity index (χ0n) is 12.1. The van der Waals surface area contributed by atoms with Crippen molar-refractivity contribution in [1.82, 2.24) is 4.90 Å². The molecule has 1 saturated heterocycles. The number of carbonyl (C=O) groups is 2. The van der Waals surface area contributed by atoms with Crippen molar-refractivity contribution in [2.75, 3.05) is 18.4 Å². The number of likely N-dealkylation sites (tertiary alicyclic amines) is 1. The number of halogens is 1. The van der Waals surface area contributed by atoms with E-state index in [1.165, 1.54) is 12.1 Å². The molecule has 0 saturated carbocycles. The standard InChI is InChI=1S/C15H19ClN2O3/c1-9(2)10-3-4-18(8-10)15(21)17-13-6-11(14(19)20)5-12(16)7-13/h5-7,9-10H,3-4,8H2,1-2H3,(H,17,21)(H,19,20). The summed E-state index contributed by atoms with van der Waals surface area (Å²) in [4.78, 5) is 24.9. The average molecular weight is 311 g/mol. The lowest BCUT2D eigenvalue weighted by Crippen LogP contribution is -2.33. The first-order valence-electron chi connectivity index (χ1n) is 6.96. The number of anilines is 1. The zero-order valence-corrected chi connectivity index (χ0v) is 12.9. The van der Waals surface area contributed by atoms with E-state index in [2.05, 4.69) is 19.2 Å². The first-order valence-corrected chi connectivity index (χ1v) is 7.34. The number of hydrogen-bond donors (Lipinski definition) is 2. The predicted molar refractivity (Wildman–Crippen MR) is 81.9 cm³/mol. The second-order valence-electron chi connectivity index (χ2n) is 5.70.